The van der Waals surface area contributed by atoms with E-state index >= 15 is 0 Å². The van der Waals surface area contributed by atoms with Crippen LogP contribution in [-0.2, 0) is 0 Å². The Labute approximate surface area is 201 Å². The largest absolute Gasteiger partial charge is 0.388 e. The van der Waals surface area contributed by atoms with Crippen LogP contribution in [0.2, 0.25) is 15.1 Å². The highest BCUT2D eigenvalue weighted by Crippen LogP contribution is 2.36. The zero-order valence-corrected chi connectivity index (χ0v) is 19.9. The molecular weight excluding hydrogens is 473 g/mol. The highest BCUT2D eigenvalue weighted by Gasteiger charge is 2.25. The first kappa shape index (κ1) is 24.1. The molecule has 3 N–H and O–H groups in total. The molecule has 0 saturated carbocycles. The molecule has 168 valence electrons. The molecule has 10 heteroatoms. The Morgan fingerprint density at radius 1 is 1.06 bits per heavy atom. The van der Waals surface area contributed by atoms with Crippen LogP contribution in [0.25, 0.3) is 0 Å². The number of urea groups is 1. The summed E-state index contributed by atoms with van der Waals surface area (Å²) in [7, 11) is 0. The summed E-state index contributed by atoms with van der Waals surface area (Å²) in [5.41, 5.74) is -0.128. The molecule has 0 radical (unpaired) electrons. The first-order valence-corrected chi connectivity index (χ1v) is 10.8. The standard InChI is InChI=1S/C22H22Cl3N5O2/c1-13(22(2,3)32)27-20-26-12-11-17(29-20)30(14-7-5-4-6-8-14)21(31)28-16-10-9-15(23)18(24)19(16)25/h4-13,32H,1-3H3,(H,28,31)(H,26,27,29). The fraction of sp³-hybridized carbons (Fsp3) is 0.227. The van der Waals surface area contributed by atoms with Gasteiger partial charge in [-0.05, 0) is 45.0 Å². The van der Waals surface area contributed by atoms with E-state index in [1.54, 1.807) is 56.3 Å². The number of carbonyl (C=O) groups excluding carboxylic acids is 1. The quantitative estimate of drug-likeness (QED) is 0.346. The van der Waals surface area contributed by atoms with Gasteiger partial charge < -0.3 is 15.7 Å². The van der Waals surface area contributed by atoms with Gasteiger partial charge in [-0.25, -0.2) is 14.7 Å². The van der Waals surface area contributed by atoms with Crippen LogP contribution in [-0.4, -0.2) is 32.7 Å². The van der Waals surface area contributed by atoms with Gasteiger partial charge >= 0.3 is 6.03 Å². The lowest BCUT2D eigenvalue weighted by molar-refractivity contribution is 0.0646. The van der Waals surface area contributed by atoms with Crippen molar-refractivity contribution >= 4 is 64.0 Å². The Kier molecular flexibility index (Phi) is 7.46. The van der Waals surface area contributed by atoms with Crippen LogP contribution in [0.4, 0.5) is 27.9 Å². The zero-order chi connectivity index (χ0) is 23.5. The number of nitrogens with zero attached hydrogens (tertiary/aromatic N) is 3. The predicted molar refractivity (Wildman–Crippen MR) is 130 cm³/mol. The number of aliphatic hydroxyl groups is 1. The number of hydrogen-bond acceptors (Lipinski definition) is 5. The smallest absolute Gasteiger partial charge is 0.332 e. The summed E-state index contributed by atoms with van der Waals surface area (Å²) in [6.45, 7) is 5.17. The first-order valence-electron chi connectivity index (χ1n) is 9.69. The summed E-state index contributed by atoms with van der Waals surface area (Å²) in [4.78, 5) is 23.4. The van der Waals surface area contributed by atoms with Crippen LogP contribution >= 0.6 is 34.8 Å². The lowest BCUT2D eigenvalue weighted by Gasteiger charge is -2.27. The number of nitrogens with one attached hydrogen (secondary N) is 2. The van der Waals surface area contributed by atoms with E-state index in [0.717, 1.165) is 0 Å². The van der Waals surface area contributed by atoms with E-state index < -0.39 is 11.6 Å². The second-order valence-corrected chi connectivity index (χ2v) is 8.75. The van der Waals surface area contributed by atoms with Crippen LogP contribution in [0.5, 0.6) is 0 Å². The van der Waals surface area contributed by atoms with Crippen molar-refractivity contribution in [1.29, 1.82) is 0 Å². The molecule has 1 aromatic heterocycles. The van der Waals surface area contributed by atoms with Gasteiger partial charge in [0.2, 0.25) is 5.95 Å². The summed E-state index contributed by atoms with van der Waals surface area (Å²) in [6.07, 6.45) is 1.52. The molecule has 1 heterocycles. The molecule has 0 aliphatic carbocycles. The van der Waals surface area contributed by atoms with Gasteiger partial charge in [0.25, 0.3) is 0 Å². The van der Waals surface area contributed by atoms with Crippen molar-refractivity contribution in [3.63, 3.8) is 0 Å². The molecule has 0 fully saturated rings. The van der Waals surface area contributed by atoms with E-state index in [1.165, 1.54) is 11.1 Å². The van der Waals surface area contributed by atoms with Crippen LogP contribution in [0, 0.1) is 0 Å². The van der Waals surface area contributed by atoms with Crippen LogP contribution in [0.1, 0.15) is 20.8 Å². The Balaban J connectivity index is 1.97. The molecule has 0 aliphatic heterocycles. The number of anilines is 4. The molecule has 2 amide bonds. The number of rotatable bonds is 6. The highest BCUT2D eigenvalue weighted by molar-refractivity contribution is 6.49. The zero-order valence-electron chi connectivity index (χ0n) is 17.6. The van der Waals surface area contributed by atoms with Gasteiger partial charge in [-0.1, -0.05) is 53.0 Å². The number of amides is 2. The monoisotopic (exact) mass is 493 g/mol. The van der Waals surface area contributed by atoms with Crippen molar-refractivity contribution in [2.24, 2.45) is 0 Å². The second-order valence-electron chi connectivity index (χ2n) is 7.58. The number of halogens is 3. The SMILES string of the molecule is CC(Nc1nccc(N(C(=O)Nc2ccc(Cl)c(Cl)c2Cl)c2ccccc2)n1)C(C)(C)O. The van der Waals surface area contributed by atoms with Gasteiger partial charge in [-0.2, -0.15) is 4.98 Å². The summed E-state index contributed by atoms with van der Waals surface area (Å²) < 4.78 is 0. The predicted octanol–water partition coefficient (Wildman–Crippen LogP) is 6.38. The van der Waals surface area contributed by atoms with Crippen molar-refractivity contribution in [2.75, 3.05) is 15.5 Å². The van der Waals surface area contributed by atoms with Gasteiger partial charge in [-0.3, -0.25) is 0 Å². The Hall–Kier alpha value is -2.58. The lowest BCUT2D eigenvalue weighted by atomic mass is 10.0. The molecule has 1 atom stereocenters. The molecule has 3 rings (SSSR count). The van der Waals surface area contributed by atoms with Gasteiger partial charge in [0.1, 0.15) is 5.82 Å². The van der Waals surface area contributed by atoms with Crippen LogP contribution in [0.15, 0.2) is 54.7 Å². The maximum Gasteiger partial charge on any atom is 0.332 e. The average Bonchev–Trinajstić information content (AvgIpc) is 2.75. The minimum Gasteiger partial charge on any atom is -0.388 e. The minimum atomic E-state index is -1.000. The average molecular weight is 495 g/mol. The molecule has 0 spiro atoms. The van der Waals surface area contributed by atoms with Crippen molar-refractivity contribution in [3.8, 4) is 0 Å². The number of aromatic nitrogens is 2. The molecule has 7 nitrogen and oxygen atoms in total. The number of hydrogen-bond donors (Lipinski definition) is 3. The van der Waals surface area contributed by atoms with E-state index in [-0.39, 0.29) is 27.1 Å². The van der Waals surface area contributed by atoms with E-state index in [0.29, 0.717) is 17.2 Å². The Morgan fingerprint density at radius 2 is 1.75 bits per heavy atom. The molecule has 0 aliphatic rings. The molecular formula is C22H22Cl3N5O2. The van der Waals surface area contributed by atoms with Crippen LogP contribution in [0.3, 0.4) is 0 Å². The van der Waals surface area contributed by atoms with Crippen molar-refractivity contribution in [2.45, 2.75) is 32.4 Å². The van der Waals surface area contributed by atoms with Crippen molar-refractivity contribution in [1.82, 2.24) is 9.97 Å². The molecule has 32 heavy (non-hydrogen) atoms. The number of benzene rings is 2. The van der Waals surface area contributed by atoms with Crippen LogP contribution < -0.4 is 15.5 Å². The molecule has 2 aromatic carbocycles. The summed E-state index contributed by atoms with van der Waals surface area (Å²) in [5, 5.41) is 16.6. The first-order chi connectivity index (χ1) is 15.1. The van der Waals surface area contributed by atoms with Gasteiger partial charge in [0.05, 0.1) is 38.1 Å². The Morgan fingerprint density at radius 3 is 2.41 bits per heavy atom. The third-order valence-electron chi connectivity index (χ3n) is 4.77. The number of para-hydroxylation sites is 1. The third-order valence-corrected chi connectivity index (χ3v) is 6.06. The minimum absolute atomic E-state index is 0.129. The van der Waals surface area contributed by atoms with Gasteiger partial charge in [0.15, 0.2) is 0 Å². The van der Waals surface area contributed by atoms with Crippen molar-refractivity contribution < 1.29 is 9.90 Å². The second kappa shape index (κ2) is 9.92. The molecule has 3 aromatic rings. The number of carbonyl (C=O) groups is 1. The highest BCUT2D eigenvalue weighted by atomic mass is 35.5. The fourth-order valence-electron chi connectivity index (χ4n) is 2.64. The lowest BCUT2D eigenvalue weighted by Crippen LogP contribution is -2.40. The summed E-state index contributed by atoms with van der Waals surface area (Å²) >= 11 is 18.3. The molecule has 0 bridgehead atoms. The maximum atomic E-state index is 13.3. The Bertz CT molecular complexity index is 1110. The molecule has 0 saturated heterocycles. The van der Waals surface area contributed by atoms with E-state index in [4.69, 9.17) is 34.8 Å². The van der Waals surface area contributed by atoms with Crippen molar-refractivity contribution in [3.05, 3.63) is 69.8 Å². The molecule has 1 unspecified atom stereocenters. The third kappa shape index (κ3) is 5.61. The van der Waals surface area contributed by atoms with E-state index in [9.17, 15) is 9.90 Å². The maximum absolute atomic E-state index is 13.3. The van der Waals surface area contributed by atoms with Gasteiger partial charge in [-0.15, -0.1) is 0 Å². The summed E-state index contributed by atoms with van der Waals surface area (Å²) in [6, 6.07) is 12.8. The topological polar surface area (TPSA) is 90.4 Å². The fourth-order valence-corrected chi connectivity index (χ4v) is 3.22. The van der Waals surface area contributed by atoms with Gasteiger partial charge in [0, 0.05) is 12.3 Å². The van der Waals surface area contributed by atoms with E-state index in [2.05, 4.69) is 20.6 Å². The normalized spacial score (nSPS) is 12.2. The summed E-state index contributed by atoms with van der Waals surface area (Å²) in [5.74, 6) is 0.573. The van der Waals surface area contributed by atoms with E-state index in [1.807, 2.05) is 13.0 Å².